The van der Waals surface area contributed by atoms with Gasteiger partial charge in [0, 0.05) is 18.6 Å². The number of anilines is 1. The monoisotopic (exact) mass is 269 g/mol. The standard InChI is InChI=1S/C12H9F2NO4/c1-5(16)15-12-10(18)9(17)11(19-12)6-2-7(13)4-8(14)3-6/h2-4,17-18H,1H3,(H,15,16). The van der Waals surface area contributed by atoms with E-state index >= 15 is 0 Å². The molecule has 0 aliphatic heterocycles. The summed E-state index contributed by atoms with van der Waals surface area (Å²) in [5.41, 5.74) is -0.109. The minimum absolute atomic E-state index is 0.109. The summed E-state index contributed by atoms with van der Waals surface area (Å²) in [4.78, 5) is 10.8. The van der Waals surface area contributed by atoms with E-state index in [0.29, 0.717) is 6.07 Å². The van der Waals surface area contributed by atoms with Crippen molar-refractivity contribution in [3.05, 3.63) is 29.8 Å². The average molecular weight is 269 g/mol. The van der Waals surface area contributed by atoms with Crippen LogP contribution >= 0.6 is 0 Å². The van der Waals surface area contributed by atoms with Crippen LogP contribution in [0.5, 0.6) is 11.5 Å². The summed E-state index contributed by atoms with van der Waals surface area (Å²) in [5.74, 6) is -4.45. The molecule has 1 aromatic carbocycles. The number of carbonyl (C=O) groups is 1. The van der Waals surface area contributed by atoms with Crippen molar-refractivity contribution in [2.75, 3.05) is 5.32 Å². The van der Waals surface area contributed by atoms with E-state index in [9.17, 15) is 23.8 Å². The number of hydrogen-bond acceptors (Lipinski definition) is 4. The molecule has 0 aliphatic rings. The van der Waals surface area contributed by atoms with Gasteiger partial charge in [-0.1, -0.05) is 0 Å². The van der Waals surface area contributed by atoms with Gasteiger partial charge in [0.1, 0.15) is 11.6 Å². The minimum Gasteiger partial charge on any atom is -0.502 e. The van der Waals surface area contributed by atoms with Crippen molar-refractivity contribution in [2.24, 2.45) is 0 Å². The van der Waals surface area contributed by atoms with Gasteiger partial charge in [-0.15, -0.1) is 0 Å². The van der Waals surface area contributed by atoms with Crippen LogP contribution in [-0.2, 0) is 4.79 Å². The Morgan fingerprint density at radius 2 is 1.74 bits per heavy atom. The summed E-state index contributed by atoms with van der Waals surface area (Å²) in [5, 5.41) is 21.3. The molecule has 0 unspecified atom stereocenters. The Morgan fingerprint density at radius 1 is 1.16 bits per heavy atom. The Hall–Kier alpha value is -2.57. The molecule has 0 saturated heterocycles. The number of hydrogen-bond donors (Lipinski definition) is 3. The fourth-order valence-electron chi connectivity index (χ4n) is 1.54. The molecule has 0 spiro atoms. The van der Waals surface area contributed by atoms with Crippen molar-refractivity contribution in [3.63, 3.8) is 0 Å². The highest BCUT2D eigenvalue weighted by atomic mass is 19.1. The molecular formula is C12H9F2NO4. The molecule has 0 bridgehead atoms. The number of benzene rings is 1. The lowest BCUT2D eigenvalue weighted by atomic mass is 10.1. The van der Waals surface area contributed by atoms with Crippen LogP contribution in [0.4, 0.5) is 14.7 Å². The van der Waals surface area contributed by atoms with Crippen LogP contribution in [0, 0.1) is 11.6 Å². The molecule has 1 aromatic heterocycles. The first-order chi connectivity index (χ1) is 8.88. The third kappa shape index (κ3) is 2.49. The fourth-order valence-corrected chi connectivity index (χ4v) is 1.54. The highest BCUT2D eigenvalue weighted by Crippen LogP contribution is 2.45. The van der Waals surface area contributed by atoms with Gasteiger partial charge in [0.05, 0.1) is 0 Å². The number of halogens is 2. The largest absolute Gasteiger partial charge is 0.502 e. The Balaban J connectivity index is 2.53. The van der Waals surface area contributed by atoms with Crippen molar-refractivity contribution in [1.29, 1.82) is 0 Å². The summed E-state index contributed by atoms with van der Waals surface area (Å²) < 4.78 is 31.1. The molecule has 100 valence electrons. The van der Waals surface area contributed by atoms with Crippen LogP contribution < -0.4 is 5.32 Å². The SMILES string of the molecule is CC(=O)Nc1oc(-c2cc(F)cc(F)c2)c(O)c1O. The first-order valence-electron chi connectivity index (χ1n) is 5.17. The molecule has 2 rings (SSSR count). The highest BCUT2D eigenvalue weighted by molar-refractivity contribution is 5.90. The fraction of sp³-hybridized carbons (Fsp3) is 0.0833. The molecule has 1 amide bonds. The third-order valence-electron chi connectivity index (χ3n) is 2.27. The molecule has 7 heteroatoms. The topological polar surface area (TPSA) is 82.7 Å². The second-order valence-corrected chi connectivity index (χ2v) is 3.80. The van der Waals surface area contributed by atoms with Gasteiger partial charge in [0.25, 0.3) is 0 Å². The number of carbonyl (C=O) groups excluding carboxylic acids is 1. The zero-order chi connectivity index (χ0) is 14.2. The molecule has 3 N–H and O–H groups in total. The first kappa shape index (κ1) is 12.9. The number of rotatable bonds is 2. The molecule has 0 aliphatic carbocycles. The predicted octanol–water partition coefficient (Wildman–Crippen LogP) is 2.59. The van der Waals surface area contributed by atoms with Crippen molar-refractivity contribution in [1.82, 2.24) is 0 Å². The summed E-state index contributed by atoms with van der Waals surface area (Å²) in [6.45, 7) is 1.17. The maximum absolute atomic E-state index is 13.1. The van der Waals surface area contributed by atoms with E-state index in [0.717, 1.165) is 12.1 Å². The van der Waals surface area contributed by atoms with Gasteiger partial charge in [-0.25, -0.2) is 8.78 Å². The van der Waals surface area contributed by atoms with Gasteiger partial charge >= 0.3 is 0 Å². The highest BCUT2D eigenvalue weighted by Gasteiger charge is 2.22. The summed E-state index contributed by atoms with van der Waals surface area (Å²) in [6.07, 6.45) is 0. The molecule has 5 nitrogen and oxygen atoms in total. The molecule has 2 aromatic rings. The van der Waals surface area contributed by atoms with Gasteiger partial charge < -0.3 is 14.6 Å². The zero-order valence-corrected chi connectivity index (χ0v) is 9.70. The summed E-state index contributed by atoms with van der Waals surface area (Å²) in [6, 6.07) is 2.48. The maximum atomic E-state index is 13.1. The summed E-state index contributed by atoms with van der Waals surface area (Å²) in [7, 11) is 0. The molecule has 0 atom stereocenters. The van der Waals surface area contributed by atoms with Crippen LogP contribution in [-0.4, -0.2) is 16.1 Å². The molecular weight excluding hydrogens is 260 g/mol. The Morgan fingerprint density at radius 3 is 2.26 bits per heavy atom. The number of aromatic hydroxyl groups is 2. The lowest BCUT2D eigenvalue weighted by molar-refractivity contribution is -0.114. The van der Waals surface area contributed by atoms with Crippen molar-refractivity contribution in [2.45, 2.75) is 6.92 Å². The minimum atomic E-state index is -0.869. The van der Waals surface area contributed by atoms with E-state index in [2.05, 4.69) is 5.32 Å². The molecule has 1 heterocycles. The van der Waals surface area contributed by atoms with Gasteiger partial charge in [0.2, 0.25) is 23.3 Å². The summed E-state index contributed by atoms with van der Waals surface area (Å²) >= 11 is 0. The van der Waals surface area contributed by atoms with Crippen molar-refractivity contribution < 1.29 is 28.2 Å². The van der Waals surface area contributed by atoms with Gasteiger partial charge in [-0.2, -0.15) is 0 Å². The Bertz CT molecular complexity index is 631. The second-order valence-electron chi connectivity index (χ2n) is 3.80. The predicted molar refractivity (Wildman–Crippen MR) is 61.7 cm³/mol. The van der Waals surface area contributed by atoms with Crippen molar-refractivity contribution >= 4 is 11.8 Å². The van der Waals surface area contributed by atoms with Crippen LogP contribution in [0.3, 0.4) is 0 Å². The zero-order valence-electron chi connectivity index (χ0n) is 9.70. The quantitative estimate of drug-likeness (QED) is 0.782. The van der Waals surface area contributed by atoms with Crippen LogP contribution in [0.25, 0.3) is 11.3 Å². The average Bonchev–Trinajstić information content (AvgIpc) is 2.55. The van der Waals surface area contributed by atoms with Crippen LogP contribution in [0.15, 0.2) is 22.6 Å². The molecule has 0 radical (unpaired) electrons. The van der Waals surface area contributed by atoms with Crippen LogP contribution in [0.1, 0.15) is 6.92 Å². The number of amides is 1. The van der Waals surface area contributed by atoms with Gasteiger partial charge in [0.15, 0.2) is 5.76 Å². The van der Waals surface area contributed by atoms with E-state index in [1.54, 1.807) is 0 Å². The van der Waals surface area contributed by atoms with Crippen molar-refractivity contribution in [3.8, 4) is 22.8 Å². The third-order valence-corrected chi connectivity index (χ3v) is 2.27. The van der Waals surface area contributed by atoms with E-state index < -0.39 is 34.9 Å². The lowest BCUT2D eigenvalue weighted by Gasteiger charge is -1.99. The molecule has 0 saturated carbocycles. The Kier molecular flexibility index (Phi) is 3.12. The smallest absolute Gasteiger partial charge is 0.246 e. The first-order valence-corrected chi connectivity index (χ1v) is 5.17. The lowest BCUT2D eigenvalue weighted by Crippen LogP contribution is -2.04. The maximum Gasteiger partial charge on any atom is 0.246 e. The Labute approximate surface area is 106 Å². The second kappa shape index (κ2) is 4.60. The van der Waals surface area contributed by atoms with Gasteiger partial charge in [-0.05, 0) is 12.1 Å². The van der Waals surface area contributed by atoms with E-state index in [1.807, 2.05) is 0 Å². The normalized spacial score (nSPS) is 10.5. The molecule has 19 heavy (non-hydrogen) atoms. The molecule has 0 fully saturated rings. The number of nitrogens with one attached hydrogen (secondary N) is 1. The van der Waals surface area contributed by atoms with E-state index in [1.165, 1.54) is 6.92 Å². The van der Waals surface area contributed by atoms with Crippen LogP contribution in [0.2, 0.25) is 0 Å². The van der Waals surface area contributed by atoms with E-state index in [4.69, 9.17) is 4.42 Å². The van der Waals surface area contributed by atoms with Gasteiger partial charge in [-0.3, -0.25) is 10.1 Å². The number of furan rings is 1. The van der Waals surface area contributed by atoms with E-state index in [-0.39, 0.29) is 11.3 Å².